The summed E-state index contributed by atoms with van der Waals surface area (Å²) >= 11 is 11.9. The number of amides is 1. The average molecular weight is 340 g/mol. The number of rotatable bonds is 2. The van der Waals surface area contributed by atoms with Crippen LogP contribution in [0.3, 0.4) is 0 Å². The number of halogens is 3. The molecule has 0 spiro atoms. The van der Waals surface area contributed by atoms with Crippen LogP contribution in [0.25, 0.3) is 5.65 Å². The van der Waals surface area contributed by atoms with E-state index in [-0.39, 0.29) is 21.5 Å². The third kappa shape index (κ3) is 2.84. The highest BCUT2D eigenvalue weighted by molar-refractivity contribution is 6.34. The fourth-order valence-electron chi connectivity index (χ4n) is 1.85. The predicted molar refractivity (Wildman–Crippen MR) is 81.3 cm³/mol. The van der Waals surface area contributed by atoms with Gasteiger partial charge in [-0.1, -0.05) is 23.2 Å². The highest BCUT2D eigenvalue weighted by Gasteiger charge is 2.15. The molecule has 1 N–H and O–H groups in total. The van der Waals surface area contributed by atoms with Crippen LogP contribution in [0.5, 0.6) is 5.75 Å². The monoisotopic (exact) mass is 339 g/mol. The van der Waals surface area contributed by atoms with Crippen LogP contribution in [0.2, 0.25) is 10.0 Å². The number of aromatic nitrogens is 2. The molecule has 1 amide bonds. The van der Waals surface area contributed by atoms with Crippen molar-refractivity contribution >= 4 is 40.6 Å². The van der Waals surface area contributed by atoms with E-state index in [1.54, 1.807) is 29.1 Å². The number of nitrogens with zero attached hydrogens (tertiary/aromatic N) is 2. The van der Waals surface area contributed by atoms with E-state index in [9.17, 15) is 9.18 Å². The van der Waals surface area contributed by atoms with Crippen molar-refractivity contribution in [3.8, 4) is 5.75 Å². The van der Waals surface area contributed by atoms with Gasteiger partial charge in [-0.05, 0) is 24.3 Å². The molecule has 8 heteroatoms. The molecule has 2 aromatic heterocycles. The van der Waals surface area contributed by atoms with Crippen LogP contribution in [0.4, 0.5) is 14.9 Å². The minimum absolute atomic E-state index is 0.0954. The summed E-state index contributed by atoms with van der Waals surface area (Å²) in [5.74, 6) is -0.438. The fourth-order valence-corrected chi connectivity index (χ4v) is 2.20. The first-order valence-corrected chi connectivity index (χ1v) is 6.85. The molecule has 0 aliphatic rings. The summed E-state index contributed by atoms with van der Waals surface area (Å²) in [5.41, 5.74) is 0.478. The van der Waals surface area contributed by atoms with Crippen molar-refractivity contribution in [2.45, 2.75) is 0 Å². The van der Waals surface area contributed by atoms with Gasteiger partial charge in [-0.3, -0.25) is 5.32 Å². The highest BCUT2D eigenvalue weighted by Crippen LogP contribution is 2.29. The zero-order valence-electron chi connectivity index (χ0n) is 10.9. The van der Waals surface area contributed by atoms with Crippen LogP contribution in [-0.2, 0) is 0 Å². The van der Waals surface area contributed by atoms with Crippen molar-refractivity contribution < 1.29 is 13.9 Å². The molecule has 0 unspecified atom stereocenters. The summed E-state index contributed by atoms with van der Waals surface area (Å²) in [6.07, 6.45) is 4.05. The van der Waals surface area contributed by atoms with E-state index in [4.69, 9.17) is 27.9 Å². The number of carbonyl (C=O) groups is 1. The van der Waals surface area contributed by atoms with Crippen LogP contribution in [0, 0.1) is 5.82 Å². The molecule has 22 heavy (non-hydrogen) atoms. The third-order valence-electron chi connectivity index (χ3n) is 2.83. The lowest BCUT2D eigenvalue weighted by Crippen LogP contribution is -2.17. The van der Waals surface area contributed by atoms with Crippen molar-refractivity contribution in [3.05, 3.63) is 58.7 Å². The van der Waals surface area contributed by atoms with E-state index < -0.39 is 11.9 Å². The fraction of sp³-hybridized carbons (Fsp3) is 0. The summed E-state index contributed by atoms with van der Waals surface area (Å²) in [6.45, 7) is 0. The molecule has 3 rings (SSSR count). The molecule has 3 aromatic rings. The number of pyridine rings is 1. The van der Waals surface area contributed by atoms with Crippen molar-refractivity contribution in [1.29, 1.82) is 0 Å². The first-order valence-electron chi connectivity index (χ1n) is 6.09. The molecule has 0 aliphatic carbocycles. The van der Waals surface area contributed by atoms with E-state index in [1.807, 2.05) is 0 Å². The molecule has 1 aromatic carbocycles. The highest BCUT2D eigenvalue weighted by atomic mass is 35.5. The molecule has 0 aliphatic heterocycles. The number of anilines is 1. The van der Waals surface area contributed by atoms with Crippen LogP contribution in [0.15, 0.2) is 42.9 Å². The molecule has 112 valence electrons. The Morgan fingerprint density at radius 3 is 2.86 bits per heavy atom. The van der Waals surface area contributed by atoms with Gasteiger partial charge >= 0.3 is 6.09 Å². The zero-order valence-corrected chi connectivity index (χ0v) is 12.4. The molecule has 0 fully saturated rings. The Morgan fingerprint density at radius 1 is 1.23 bits per heavy atom. The van der Waals surface area contributed by atoms with Crippen molar-refractivity contribution in [3.63, 3.8) is 0 Å². The van der Waals surface area contributed by atoms with Crippen LogP contribution in [0.1, 0.15) is 0 Å². The molecule has 0 radical (unpaired) electrons. The maximum absolute atomic E-state index is 13.2. The van der Waals surface area contributed by atoms with Crippen molar-refractivity contribution in [1.82, 2.24) is 9.38 Å². The van der Waals surface area contributed by atoms with Crippen LogP contribution < -0.4 is 10.1 Å². The SMILES string of the molecule is O=C(Nc1cc(F)ccc1Cl)Oc1c(Cl)ccn2ccnc12. The first-order chi connectivity index (χ1) is 10.5. The summed E-state index contributed by atoms with van der Waals surface area (Å²) in [7, 11) is 0. The molecule has 0 saturated carbocycles. The van der Waals surface area contributed by atoms with Crippen molar-refractivity contribution in [2.24, 2.45) is 0 Å². The summed E-state index contributed by atoms with van der Waals surface area (Å²) < 4.78 is 20.0. The van der Waals surface area contributed by atoms with Gasteiger partial charge in [0.2, 0.25) is 0 Å². The summed E-state index contributed by atoms with van der Waals surface area (Å²) in [4.78, 5) is 16.0. The summed E-state index contributed by atoms with van der Waals surface area (Å²) in [6, 6.07) is 5.16. The Balaban J connectivity index is 1.86. The second kappa shape index (κ2) is 5.82. The van der Waals surface area contributed by atoms with E-state index >= 15 is 0 Å². The standard InChI is InChI=1S/C14H8Cl2FN3O2/c15-9-2-1-8(17)7-11(9)19-14(21)22-12-10(16)3-5-20-6-4-18-13(12)20/h1-7H,(H,19,21). The van der Waals surface area contributed by atoms with Gasteiger partial charge in [0.15, 0.2) is 11.4 Å². The number of imidazole rings is 1. The lowest BCUT2D eigenvalue weighted by atomic mass is 10.3. The number of nitrogens with one attached hydrogen (secondary N) is 1. The van der Waals surface area contributed by atoms with Gasteiger partial charge in [-0.25, -0.2) is 14.2 Å². The van der Waals surface area contributed by atoms with Gasteiger partial charge in [0.1, 0.15) is 5.82 Å². The minimum Gasteiger partial charge on any atom is -0.404 e. The van der Waals surface area contributed by atoms with E-state index in [0.717, 1.165) is 6.07 Å². The molecular weight excluding hydrogens is 332 g/mol. The number of ether oxygens (including phenoxy) is 1. The number of hydrogen-bond donors (Lipinski definition) is 1. The number of hydrogen-bond acceptors (Lipinski definition) is 3. The van der Waals surface area contributed by atoms with Gasteiger partial charge < -0.3 is 9.14 Å². The van der Waals surface area contributed by atoms with Gasteiger partial charge in [0.05, 0.1) is 15.7 Å². The average Bonchev–Trinajstić information content (AvgIpc) is 2.95. The normalized spacial score (nSPS) is 10.7. The molecule has 2 heterocycles. The van der Waals surface area contributed by atoms with Crippen LogP contribution in [-0.4, -0.2) is 15.5 Å². The second-order valence-corrected chi connectivity index (χ2v) is 5.10. The maximum Gasteiger partial charge on any atom is 0.417 e. The number of carbonyl (C=O) groups excluding carboxylic acids is 1. The molecule has 5 nitrogen and oxygen atoms in total. The largest absolute Gasteiger partial charge is 0.417 e. The summed E-state index contributed by atoms with van der Waals surface area (Å²) in [5, 5.41) is 2.76. The van der Waals surface area contributed by atoms with E-state index in [0.29, 0.717) is 5.65 Å². The third-order valence-corrected chi connectivity index (χ3v) is 3.46. The molecule has 0 bridgehead atoms. The Hall–Kier alpha value is -2.31. The predicted octanol–water partition coefficient (Wildman–Crippen LogP) is 4.39. The van der Waals surface area contributed by atoms with E-state index in [2.05, 4.69) is 10.3 Å². The van der Waals surface area contributed by atoms with Crippen molar-refractivity contribution in [2.75, 3.05) is 5.32 Å². The quantitative estimate of drug-likeness (QED) is 0.753. The van der Waals surface area contributed by atoms with Gasteiger partial charge in [0, 0.05) is 18.6 Å². The molecular formula is C14H8Cl2FN3O2. The number of fused-ring (bicyclic) bond motifs is 1. The second-order valence-electron chi connectivity index (χ2n) is 4.29. The Kier molecular flexibility index (Phi) is 3.87. The maximum atomic E-state index is 13.2. The molecule has 0 saturated heterocycles. The van der Waals surface area contributed by atoms with Gasteiger partial charge in [-0.15, -0.1) is 0 Å². The van der Waals surface area contributed by atoms with Crippen LogP contribution >= 0.6 is 23.2 Å². The lowest BCUT2D eigenvalue weighted by molar-refractivity contribution is 0.215. The Bertz CT molecular complexity index is 866. The number of benzene rings is 1. The lowest BCUT2D eigenvalue weighted by Gasteiger charge is -2.10. The Labute approximate surface area is 134 Å². The van der Waals surface area contributed by atoms with Gasteiger partial charge in [-0.2, -0.15) is 0 Å². The zero-order chi connectivity index (χ0) is 15.7. The minimum atomic E-state index is -0.856. The Morgan fingerprint density at radius 2 is 2.05 bits per heavy atom. The smallest absolute Gasteiger partial charge is 0.404 e. The molecule has 0 atom stereocenters. The first kappa shape index (κ1) is 14.6. The van der Waals surface area contributed by atoms with Gasteiger partial charge in [0.25, 0.3) is 0 Å². The topological polar surface area (TPSA) is 55.6 Å². The van der Waals surface area contributed by atoms with E-state index in [1.165, 1.54) is 12.1 Å².